The lowest BCUT2D eigenvalue weighted by Gasteiger charge is -2.18. The Balaban J connectivity index is 2.66. The summed E-state index contributed by atoms with van der Waals surface area (Å²) in [5, 5.41) is 0. The van der Waals surface area contributed by atoms with Gasteiger partial charge in [0.15, 0.2) is 0 Å². The molecule has 0 saturated carbocycles. The summed E-state index contributed by atoms with van der Waals surface area (Å²) < 4.78 is 4.93. The van der Waals surface area contributed by atoms with Crippen molar-refractivity contribution in [3.05, 3.63) is 24.1 Å². The van der Waals surface area contributed by atoms with Crippen LogP contribution in [-0.2, 0) is 9.53 Å². The molecule has 0 aromatic rings. The van der Waals surface area contributed by atoms with Crippen molar-refractivity contribution in [1.29, 1.82) is 0 Å². The van der Waals surface area contributed by atoms with Gasteiger partial charge in [-0.15, -0.1) is 0 Å². The maximum absolute atomic E-state index is 10.9. The smallest absolute Gasteiger partial charge is 0.223 e. The largest absolute Gasteiger partial charge is 0.497 e. The van der Waals surface area contributed by atoms with Crippen molar-refractivity contribution in [3.63, 3.8) is 0 Å². The molecule has 60 valence electrons. The van der Waals surface area contributed by atoms with E-state index in [2.05, 4.69) is 0 Å². The first-order valence-corrected chi connectivity index (χ1v) is 3.44. The molecule has 1 heterocycles. The number of rotatable bonds is 1. The van der Waals surface area contributed by atoms with Crippen molar-refractivity contribution in [3.8, 4) is 0 Å². The molecule has 0 saturated heterocycles. The zero-order valence-electron chi connectivity index (χ0n) is 6.70. The lowest BCUT2D eigenvalue weighted by Crippen LogP contribution is -2.23. The summed E-state index contributed by atoms with van der Waals surface area (Å²) in [5.41, 5.74) is 0.892. The van der Waals surface area contributed by atoms with E-state index in [0.717, 1.165) is 5.70 Å². The number of carbonyl (C=O) groups excluding carboxylic acids is 1. The molecule has 0 unspecified atom stereocenters. The quantitative estimate of drug-likeness (QED) is 0.560. The number of hydrogen-bond acceptors (Lipinski definition) is 2. The maximum atomic E-state index is 10.9. The Labute approximate surface area is 65.9 Å². The van der Waals surface area contributed by atoms with Crippen molar-refractivity contribution in [2.75, 3.05) is 13.7 Å². The Kier molecular flexibility index (Phi) is 2.31. The maximum Gasteiger partial charge on any atom is 0.223 e. The fourth-order valence-corrected chi connectivity index (χ4v) is 0.805. The molecule has 0 aliphatic carbocycles. The van der Waals surface area contributed by atoms with Crippen LogP contribution in [0.3, 0.4) is 0 Å². The zero-order chi connectivity index (χ0) is 8.27. The van der Waals surface area contributed by atoms with Crippen molar-refractivity contribution >= 4 is 5.91 Å². The van der Waals surface area contributed by atoms with Gasteiger partial charge in [-0.25, -0.2) is 0 Å². The topological polar surface area (TPSA) is 29.5 Å². The van der Waals surface area contributed by atoms with Crippen LogP contribution in [0.2, 0.25) is 0 Å². The molecule has 0 aromatic carbocycles. The van der Waals surface area contributed by atoms with Gasteiger partial charge in [-0.3, -0.25) is 4.79 Å². The molecule has 0 radical (unpaired) electrons. The molecule has 0 N–H and O–H groups in total. The van der Waals surface area contributed by atoms with E-state index in [1.807, 2.05) is 6.08 Å². The Bertz CT molecular complexity index is 218. The van der Waals surface area contributed by atoms with E-state index in [1.54, 1.807) is 24.3 Å². The fourth-order valence-electron chi connectivity index (χ4n) is 0.805. The summed E-state index contributed by atoms with van der Waals surface area (Å²) in [6.07, 6.45) is 5.22. The number of hydrogen-bond donors (Lipinski definition) is 0. The minimum atomic E-state index is 0.0304. The SMILES string of the molecule is CC(=O)N(C)C1=CCOC=C1. The highest BCUT2D eigenvalue weighted by Gasteiger charge is 2.06. The van der Waals surface area contributed by atoms with Gasteiger partial charge in [0.1, 0.15) is 6.61 Å². The summed E-state index contributed by atoms with van der Waals surface area (Å²) in [7, 11) is 1.74. The van der Waals surface area contributed by atoms with Crippen molar-refractivity contribution < 1.29 is 9.53 Å². The first-order valence-electron chi connectivity index (χ1n) is 3.44. The molecule has 0 bridgehead atoms. The first-order chi connectivity index (χ1) is 5.22. The fraction of sp³-hybridized carbons (Fsp3) is 0.375. The second kappa shape index (κ2) is 3.23. The number of carbonyl (C=O) groups is 1. The van der Waals surface area contributed by atoms with Crippen LogP contribution in [0, 0.1) is 0 Å². The van der Waals surface area contributed by atoms with Crippen LogP contribution in [-0.4, -0.2) is 24.5 Å². The second-order valence-electron chi connectivity index (χ2n) is 2.34. The standard InChI is InChI=1S/C8H11NO2/c1-7(10)9(2)8-3-5-11-6-4-8/h3-5H,6H2,1-2H3. The average Bonchev–Trinajstić information content (AvgIpc) is 2.05. The highest BCUT2D eigenvalue weighted by atomic mass is 16.5. The zero-order valence-corrected chi connectivity index (χ0v) is 6.70. The first kappa shape index (κ1) is 7.85. The summed E-state index contributed by atoms with van der Waals surface area (Å²) in [5.74, 6) is 0.0304. The molecular formula is C8H11NO2. The Morgan fingerprint density at radius 2 is 2.45 bits per heavy atom. The molecule has 3 nitrogen and oxygen atoms in total. The molecule has 0 fully saturated rings. The van der Waals surface area contributed by atoms with E-state index in [4.69, 9.17) is 4.74 Å². The minimum Gasteiger partial charge on any atom is -0.497 e. The van der Waals surface area contributed by atoms with Crippen LogP contribution in [0.5, 0.6) is 0 Å². The van der Waals surface area contributed by atoms with Crippen LogP contribution < -0.4 is 0 Å². The summed E-state index contributed by atoms with van der Waals surface area (Å²) >= 11 is 0. The lowest BCUT2D eigenvalue weighted by atomic mass is 10.3. The molecule has 1 aliphatic rings. The molecule has 1 aliphatic heterocycles. The predicted octanol–water partition coefficient (Wildman–Crippen LogP) is 0.893. The van der Waals surface area contributed by atoms with Crippen LogP contribution in [0.25, 0.3) is 0 Å². The third kappa shape index (κ3) is 1.83. The Hall–Kier alpha value is -1.25. The second-order valence-corrected chi connectivity index (χ2v) is 2.34. The Morgan fingerprint density at radius 3 is 2.91 bits per heavy atom. The minimum absolute atomic E-state index is 0.0304. The summed E-state index contributed by atoms with van der Waals surface area (Å²) in [4.78, 5) is 12.4. The lowest BCUT2D eigenvalue weighted by molar-refractivity contribution is -0.125. The Morgan fingerprint density at radius 1 is 1.73 bits per heavy atom. The van der Waals surface area contributed by atoms with E-state index in [-0.39, 0.29) is 5.91 Å². The van der Waals surface area contributed by atoms with E-state index in [0.29, 0.717) is 6.61 Å². The van der Waals surface area contributed by atoms with Crippen molar-refractivity contribution in [2.45, 2.75) is 6.92 Å². The van der Waals surface area contributed by atoms with Crippen LogP contribution >= 0.6 is 0 Å². The molecule has 1 amide bonds. The number of nitrogens with zero attached hydrogens (tertiary/aromatic N) is 1. The van der Waals surface area contributed by atoms with Gasteiger partial charge in [0.05, 0.1) is 6.26 Å². The molecule has 3 heteroatoms. The molecule has 11 heavy (non-hydrogen) atoms. The van der Waals surface area contributed by atoms with Gasteiger partial charge in [0.2, 0.25) is 5.91 Å². The monoisotopic (exact) mass is 153 g/mol. The molecule has 1 rings (SSSR count). The van der Waals surface area contributed by atoms with Gasteiger partial charge in [-0.2, -0.15) is 0 Å². The number of ether oxygens (including phenoxy) is 1. The van der Waals surface area contributed by atoms with Gasteiger partial charge in [-0.1, -0.05) is 0 Å². The van der Waals surface area contributed by atoms with E-state index < -0.39 is 0 Å². The normalized spacial score (nSPS) is 15.3. The summed E-state index contributed by atoms with van der Waals surface area (Å²) in [6, 6.07) is 0. The number of allylic oxidation sites excluding steroid dienone is 1. The van der Waals surface area contributed by atoms with Gasteiger partial charge in [0.25, 0.3) is 0 Å². The van der Waals surface area contributed by atoms with Gasteiger partial charge >= 0.3 is 0 Å². The van der Waals surface area contributed by atoms with E-state index in [9.17, 15) is 4.79 Å². The van der Waals surface area contributed by atoms with Crippen molar-refractivity contribution in [1.82, 2.24) is 4.90 Å². The number of likely N-dealkylation sites (N-methyl/N-ethyl adjacent to an activating group) is 1. The molecular weight excluding hydrogens is 142 g/mol. The third-order valence-electron chi connectivity index (χ3n) is 1.58. The van der Waals surface area contributed by atoms with E-state index >= 15 is 0 Å². The van der Waals surface area contributed by atoms with Gasteiger partial charge in [-0.05, 0) is 12.2 Å². The highest BCUT2D eigenvalue weighted by Crippen LogP contribution is 2.07. The third-order valence-corrected chi connectivity index (χ3v) is 1.58. The van der Waals surface area contributed by atoms with Crippen LogP contribution in [0.15, 0.2) is 24.1 Å². The predicted molar refractivity (Wildman–Crippen MR) is 41.6 cm³/mol. The van der Waals surface area contributed by atoms with E-state index in [1.165, 1.54) is 6.92 Å². The average molecular weight is 153 g/mol. The van der Waals surface area contributed by atoms with Gasteiger partial charge in [0, 0.05) is 19.7 Å². The molecule has 0 spiro atoms. The molecule has 0 atom stereocenters. The number of amides is 1. The highest BCUT2D eigenvalue weighted by molar-refractivity contribution is 5.75. The molecule has 0 aromatic heterocycles. The van der Waals surface area contributed by atoms with Crippen LogP contribution in [0.4, 0.5) is 0 Å². The van der Waals surface area contributed by atoms with Crippen LogP contribution in [0.1, 0.15) is 6.92 Å². The van der Waals surface area contributed by atoms with Crippen molar-refractivity contribution in [2.24, 2.45) is 0 Å². The summed E-state index contributed by atoms with van der Waals surface area (Å²) in [6.45, 7) is 2.08. The van der Waals surface area contributed by atoms with Gasteiger partial charge < -0.3 is 9.64 Å².